The fourth-order valence-corrected chi connectivity index (χ4v) is 1.65. The second-order valence-corrected chi connectivity index (χ2v) is 3.90. The summed E-state index contributed by atoms with van der Waals surface area (Å²) in [6, 6.07) is 0. The van der Waals surface area contributed by atoms with Crippen molar-refractivity contribution in [2.75, 3.05) is 20.3 Å². The SMILES string of the molecule is C=CCC(C)c1[nH]ncc1CNCCOC. The van der Waals surface area contributed by atoms with Gasteiger partial charge in [-0.25, -0.2) is 0 Å². The third kappa shape index (κ3) is 3.79. The summed E-state index contributed by atoms with van der Waals surface area (Å²) in [4.78, 5) is 0. The van der Waals surface area contributed by atoms with Gasteiger partial charge in [0.1, 0.15) is 0 Å². The Balaban J connectivity index is 2.46. The number of nitrogens with zero attached hydrogens (tertiary/aromatic N) is 1. The maximum atomic E-state index is 4.98. The Bertz CT molecular complexity index is 309. The van der Waals surface area contributed by atoms with E-state index in [1.54, 1.807) is 7.11 Å². The van der Waals surface area contributed by atoms with E-state index in [-0.39, 0.29) is 0 Å². The molecular weight excluding hydrogens is 202 g/mol. The van der Waals surface area contributed by atoms with Crippen LogP contribution >= 0.6 is 0 Å². The third-order valence-corrected chi connectivity index (χ3v) is 2.56. The summed E-state index contributed by atoms with van der Waals surface area (Å²) in [6.45, 7) is 8.35. The molecule has 1 heterocycles. The highest BCUT2D eigenvalue weighted by Crippen LogP contribution is 2.20. The number of aromatic amines is 1. The molecule has 0 fully saturated rings. The van der Waals surface area contributed by atoms with Crippen LogP contribution in [0.2, 0.25) is 0 Å². The lowest BCUT2D eigenvalue weighted by Crippen LogP contribution is -2.19. The zero-order chi connectivity index (χ0) is 11.8. The predicted molar refractivity (Wildman–Crippen MR) is 65.4 cm³/mol. The van der Waals surface area contributed by atoms with Crippen LogP contribution in [0.15, 0.2) is 18.9 Å². The average molecular weight is 223 g/mol. The number of H-pyrrole nitrogens is 1. The Hall–Kier alpha value is -1.13. The molecule has 0 aliphatic heterocycles. The van der Waals surface area contributed by atoms with Crippen molar-refractivity contribution in [2.45, 2.75) is 25.8 Å². The lowest BCUT2D eigenvalue weighted by atomic mass is 10.0. The van der Waals surface area contributed by atoms with Crippen LogP contribution in [0.1, 0.15) is 30.5 Å². The molecule has 90 valence electrons. The van der Waals surface area contributed by atoms with E-state index in [1.165, 1.54) is 11.3 Å². The first kappa shape index (κ1) is 12.9. The van der Waals surface area contributed by atoms with Gasteiger partial charge in [0, 0.05) is 37.4 Å². The highest BCUT2D eigenvalue weighted by atomic mass is 16.5. The minimum absolute atomic E-state index is 0.444. The van der Waals surface area contributed by atoms with Gasteiger partial charge in [-0.2, -0.15) is 5.10 Å². The van der Waals surface area contributed by atoms with E-state index in [0.717, 1.165) is 26.1 Å². The molecule has 0 radical (unpaired) electrons. The molecule has 1 atom stereocenters. The van der Waals surface area contributed by atoms with Gasteiger partial charge in [0.05, 0.1) is 12.8 Å². The molecule has 1 unspecified atom stereocenters. The molecule has 0 saturated carbocycles. The Morgan fingerprint density at radius 1 is 1.69 bits per heavy atom. The van der Waals surface area contributed by atoms with Crippen molar-refractivity contribution < 1.29 is 4.74 Å². The number of rotatable bonds is 8. The van der Waals surface area contributed by atoms with Gasteiger partial charge in [0.25, 0.3) is 0 Å². The van der Waals surface area contributed by atoms with Crippen LogP contribution in [0.25, 0.3) is 0 Å². The molecule has 1 aromatic heterocycles. The molecule has 0 aliphatic carbocycles. The van der Waals surface area contributed by atoms with Crippen molar-refractivity contribution in [1.82, 2.24) is 15.5 Å². The lowest BCUT2D eigenvalue weighted by molar-refractivity contribution is 0.199. The smallest absolute Gasteiger partial charge is 0.0587 e. The molecule has 0 spiro atoms. The standard InChI is InChI=1S/C12H21N3O/c1-4-5-10(2)12-11(9-14-15-12)8-13-6-7-16-3/h4,9-10,13H,1,5-8H2,2-3H3,(H,14,15). The summed E-state index contributed by atoms with van der Waals surface area (Å²) in [5, 5.41) is 10.5. The van der Waals surface area contributed by atoms with Crippen molar-refractivity contribution in [3.8, 4) is 0 Å². The van der Waals surface area contributed by atoms with E-state index in [9.17, 15) is 0 Å². The molecule has 16 heavy (non-hydrogen) atoms. The number of hydrogen-bond donors (Lipinski definition) is 2. The molecule has 0 bridgehead atoms. The van der Waals surface area contributed by atoms with Crippen molar-refractivity contribution in [3.63, 3.8) is 0 Å². The average Bonchev–Trinajstić information content (AvgIpc) is 2.73. The topological polar surface area (TPSA) is 49.9 Å². The highest BCUT2D eigenvalue weighted by Gasteiger charge is 2.10. The molecule has 0 aromatic carbocycles. The molecule has 2 N–H and O–H groups in total. The Morgan fingerprint density at radius 2 is 2.50 bits per heavy atom. The second kappa shape index (κ2) is 7.19. The van der Waals surface area contributed by atoms with Crippen molar-refractivity contribution in [3.05, 3.63) is 30.1 Å². The first-order valence-corrected chi connectivity index (χ1v) is 5.62. The van der Waals surface area contributed by atoms with E-state index in [2.05, 4.69) is 29.0 Å². The van der Waals surface area contributed by atoms with Gasteiger partial charge in [0.2, 0.25) is 0 Å². The third-order valence-electron chi connectivity index (χ3n) is 2.56. The number of nitrogens with one attached hydrogen (secondary N) is 2. The van der Waals surface area contributed by atoms with E-state index in [0.29, 0.717) is 5.92 Å². The van der Waals surface area contributed by atoms with Gasteiger partial charge in [-0.05, 0) is 6.42 Å². The zero-order valence-electron chi connectivity index (χ0n) is 10.1. The van der Waals surface area contributed by atoms with Gasteiger partial charge in [0.15, 0.2) is 0 Å². The van der Waals surface area contributed by atoms with Crippen LogP contribution in [-0.2, 0) is 11.3 Å². The van der Waals surface area contributed by atoms with Crippen LogP contribution < -0.4 is 5.32 Å². The quantitative estimate of drug-likeness (QED) is 0.522. The molecule has 1 rings (SSSR count). The van der Waals surface area contributed by atoms with E-state index < -0.39 is 0 Å². The molecule has 0 amide bonds. The van der Waals surface area contributed by atoms with Gasteiger partial charge in [-0.3, -0.25) is 5.10 Å². The van der Waals surface area contributed by atoms with Crippen molar-refractivity contribution in [2.24, 2.45) is 0 Å². The number of hydrogen-bond acceptors (Lipinski definition) is 3. The van der Waals surface area contributed by atoms with Gasteiger partial charge < -0.3 is 10.1 Å². The monoisotopic (exact) mass is 223 g/mol. The number of ether oxygens (including phenoxy) is 1. The first-order valence-electron chi connectivity index (χ1n) is 5.62. The minimum Gasteiger partial charge on any atom is -0.383 e. The fraction of sp³-hybridized carbons (Fsp3) is 0.583. The summed E-state index contributed by atoms with van der Waals surface area (Å²) >= 11 is 0. The van der Waals surface area contributed by atoms with Gasteiger partial charge in [-0.15, -0.1) is 6.58 Å². The minimum atomic E-state index is 0.444. The summed E-state index contributed by atoms with van der Waals surface area (Å²) < 4.78 is 4.98. The lowest BCUT2D eigenvalue weighted by Gasteiger charge is -2.10. The molecule has 0 saturated heterocycles. The van der Waals surface area contributed by atoms with Crippen LogP contribution in [0.3, 0.4) is 0 Å². The Kier molecular flexibility index (Phi) is 5.82. The molecule has 4 nitrogen and oxygen atoms in total. The highest BCUT2D eigenvalue weighted by molar-refractivity contribution is 5.20. The van der Waals surface area contributed by atoms with Crippen molar-refractivity contribution >= 4 is 0 Å². The largest absolute Gasteiger partial charge is 0.383 e. The second-order valence-electron chi connectivity index (χ2n) is 3.90. The van der Waals surface area contributed by atoms with E-state index in [4.69, 9.17) is 4.74 Å². The Morgan fingerprint density at radius 3 is 3.19 bits per heavy atom. The predicted octanol–water partition coefficient (Wildman–Crippen LogP) is 1.83. The number of methoxy groups -OCH3 is 1. The Labute approximate surface area is 97.1 Å². The van der Waals surface area contributed by atoms with Crippen LogP contribution in [0.5, 0.6) is 0 Å². The van der Waals surface area contributed by atoms with E-state index in [1.807, 2.05) is 12.3 Å². The van der Waals surface area contributed by atoms with Gasteiger partial charge in [-0.1, -0.05) is 13.0 Å². The first-order chi connectivity index (χ1) is 7.79. The summed E-state index contributed by atoms with van der Waals surface area (Å²) in [7, 11) is 1.71. The number of aromatic nitrogens is 2. The number of allylic oxidation sites excluding steroid dienone is 1. The van der Waals surface area contributed by atoms with Crippen LogP contribution in [-0.4, -0.2) is 30.5 Å². The normalized spacial score (nSPS) is 12.6. The molecule has 1 aromatic rings. The van der Waals surface area contributed by atoms with E-state index >= 15 is 0 Å². The summed E-state index contributed by atoms with van der Waals surface area (Å²) in [5.74, 6) is 0.444. The van der Waals surface area contributed by atoms with Crippen LogP contribution in [0, 0.1) is 0 Å². The molecule has 4 heteroatoms. The fourth-order valence-electron chi connectivity index (χ4n) is 1.65. The summed E-state index contributed by atoms with van der Waals surface area (Å²) in [5.41, 5.74) is 2.43. The molecular formula is C12H21N3O. The zero-order valence-corrected chi connectivity index (χ0v) is 10.1. The van der Waals surface area contributed by atoms with Crippen molar-refractivity contribution in [1.29, 1.82) is 0 Å². The maximum absolute atomic E-state index is 4.98. The summed E-state index contributed by atoms with van der Waals surface area (Å²) in [6.07, 6.45) is 4.79. The van der Waals surface area contributed by atoms with Crippen LogP contribution in [0.4, 0.5) is 0 Å². The molecule has 0 aliphatic rings. The van der Waals surface area contributed by atoms with Gasteiger partial charge >= 0.3 is 0 Å². The maximum Gasteiger partial charge on any atom is 0.0587 e.